The highest BCUT2D eigenvalue weighted by Crippen LogP contribution is 2.26. The molecule has 5 heteroatoms. The van der Waals surface area contributed by atoms with E-state index in [0.717, 1.165) is 37.3 Å². The van der Waals surface area contributed by atoms with E-state index in [1.807, 2.05) is 12.3 Å². The summed E-state index contributed by atoms with van der Waals surface area (Å²) in [7, 11) is 1.38. The SMILES string of the molecule is COC(=O)c1c[nH]c(-c2ccc(C3CCNCC3)cn2)c1. The van der Waals surface area contributed by atoms with Gasteiger partial charge in [0, 0.05) is 12.4 Å². The first kappa shape index (κ1) is 13.8. The van der Waals surface area contributed by atoms with E-state index in [2.05, 4.69) is 21.4 Å². The molecule has 0 spiro atoms. The lowest BCUT2D eigenvalue weighted by atomic mass is 9.91. The Labute approximate surface area is 123 Å². The van der Waals surface area contributed by atoms with Gasteiger partial charge in [-0.3, -0.25) is 4.98 Å². The van der Waals surface area contributed by atoms with Crippen molar-refractivity contribution in [2.75, 3.05) is 20.2 Å². The number of hydrogen-bond donors (Lipinski definition) is 2. The summed E-state index contributed by atoms with van der Waals surface area (Å²) in [6, 6.07) is 5.90. The molecule has 0 atom stereocenters. The molecule has 0 unspecified atom stereocenters. The van der Waals surface area contributed by atoms with E-state index in [1.165, 1.54) is 12.7 Å². The molecule has 0 radical (unpaired) electrons. The molecule has 1 aliphatic heterocycles. The van der Waals surface area contributed by atoms with Crippen LogP contribution in [0.2, 0.25) is 0 Å². The summed E-state index contributed by atoms with van der Waals surface area (Å²) in [6.45, 7) is 2.15. The van der Waals surface area contributed by atoms with Gasteiger partial charge in [-0.25, -0.2) is 4.79 Å². The van der Waals surface area contributed by atoms with Crippen LogP contribution in [0.4, 0.5) is 0 Å². The summed E-state index contributed by atoms with van der Waals surface area (Å²) in [5.41, 5.74) is 3.46. The number of carbonyl (C=O) groups excluding carboxylic acids is 1. The molecular weight excluding hydrogens is 266 g/mol. The predicted molar refractivity (Wildman–Crippen MR) is 80.2 cm³/mol. The lowest BCUT2D eigenvalue weighted by Crippen LogP contribution is -2.26. The largest absolute Gasteiger partial charge is 0.465 e. The van der Waals surface area contributed by atoms with Crippen LogP contribution in [0.1, 0.15) is 34.7 Å². The molecule has 3 heterocycles. The highest BCUT2D eigenvalue weighted by Gasteiger charge is 2.16. The van der Waals surface area contributed by atoms with Gasteiger partial charge in [-0.2, -0.15) is 0 Å². The molecule has 21 heavy (non-hydrogen) atoms. The zero-order chi connectivity index (χ0) is 14.7. The number of nitrogens with one attached hydrogen (secondary N) is 2. The third-order valence-electron chi connectivity index (χ3n) is 3.98. The number of aromatic nitrogens is 2. The Bertz CT molecular complexity index is 613. The first-order valence-electron chi connectivity index (χ1n) is 7.21. The number of methoxy groups -OCH3 is 1. The minimum atomic E-state index is -0.344. The fourth-order valence-corrected chi connectivity index (χ4v) is 2.74. The minimum absolute atomic E-state index is 0.344. The van der Waals surface area contributed by atoms with Crippen molar-refractivity contribution in [2.24, 2.45) is 0 Å². The number of pyridine rings is 1. The molecule has 0 bridgehead atoms. The lowest BCUT2D eigenvalue weighted by molar-refractivity contribution is 0.0601. The summed E-state index contributed by atoms with van der Waals surface area (Å²) in [5.74, 6) is 0.255. The summed E-state index contributed by atoms with van der Waals surface area (Å²) in [4.78, 5) is 19.0. The van der Waals surface area contributed by atoms with Crippen molar-refractivity contribution in [3.63, 3.8) is 0 Å². The summed E-state index contributed by atoms with van der Waals surface area (Å²) >= 11 is 0. The van der Waals surface area contributed by atoms with Crippen molar-refractivity contribution in [1.29, 1.82) is 0 Å². The monoisotopic (exact) mass is 285 g/mol. The Morgan fingerprint density at radius 1 is 1.33 bits per heavy atom. The van der Waals surface area contributed by atoms with Crippen LogP contribution in [-0.2, 0) is 4.74 Å². The summed E-state index contributed by atoms with van der Waals surface area (Å²) in [6.07, 6.45) is 5.92. The number of esters is 1. The second kappa shape index (κ2) is 6.10. The van der Waals surface area contributed by atoms with Gasteiger partial charge in [0.2, 0.25) is 0 Å². The van der Waals surface area contributed by atoms with E-state index in [-0.39, 0.29) is 5.97 Å². The minimum Gasteiger partial charge on any atom is -0.465 e. The molecule has 2 N–H and O–H groups in total. The number of piperidine rings is 1. The lowest BCUT2D eigenvalue weighted by Gasteiger charge is -2.22. The average Bonchev–Trinajstić information content (AvgIpc) is 3.05. The van der Waals surface area contributed by atoms with Crippen LogP contribution in [-0.4, -0.2) is 36.1 Å². The quantitative estimate of drug-likeness (QED) is 0.849. The molecule has 110 valence electrons. The van der Waals surface area contributed by atoms with Gasteiger partial charge in [0.05, 0.1) is 24.1 Å². The highest BCUT2D eigenvalue weighted by atomic mass is 16.5. The Balaban J connectivity index is 1.77. The van der Waals surface area contributed by atoms with Crippen LogP contribution in [0.25, 0.3) is 11.4 Å². The van der Waals surface area contributed by atoms with E-state index in [1.54, 1.807) is 12.3 Å². The average molecular weight is 285 g/mol. The van der Waals surface area contributed by atoms with Gasteiger partial charge >= 0.3 is 5.97 Å². The Morgan fingerprint density at radius 3 is 2.81 bits per heavy atom. The van der Waals surface area contributed by atoms with Crippen molar-refractivity contribution in [3.05, 3.63) is 41.7 Å². The molecule has 2 aromatic heterocycles. The number of rotatable bonds is 3. The number of carbonyl (C=O) groups is 1. The standard InChI is InChI=1S/C16H19N3O2/c1-21-16(20)13-8-15(19-10-13)14-3-2-12(9-18-14)11-4-6-17-7-5-11/h2-3,8-11,17,19H,4-7H2,1H3. The van der Waals surface area contributed by atoms with Crippen LogP contribution in [0.3, 0.4) is 0 Å². The molecule has 5 nitrogen and oxygen atoms in total. The topological polar surface area (TPSA) is 67.0 Å². The zero-order valence-electron chi connectivity index (χ0n) is 12.1. The van der Waals surface area contributed by atoms with Crippen molar-refractivity contribution >= 4 is 5.97 Å². The second-order valence-corrected chi connectivity index (χ2v) is 5.29. The van der Waals surface area contributed by atoms with Crippen LogP contribution in [0, 0.1) is 0 Å². The van der Waals surface area contributed by atoms with Crippen LogP contribution < -0.4 is 5.32 Å². The molecular formula is C16H19N3O2. The Morgan fingerprint density at radius 2 is 2.14 bits per heavy atom. The number of ether oxygens (including phenoxy) is 1. The molecule has 2 aromatic rings. The molecule has 1 fully saturated rings. The van der Waals surface area contributed by atoms with Crippen molar-refractivity contribution < 1.29 is 9.53 Å². The van der Waals surface area contributed by atoms with Gasteiger partial charge in [0.15, 0.2) is 0 Å². The van der Waals surface area contributed by atoms with Gasteiger partial charge in [-0.05, 0) is 49.5 Å². The van der Waals surface area contributed by atoms with Crippen LogP contribution >= 0.6 is 0 Å². The normalized spacial score (nSPS) is 15.9. The summed E-state index contributed by atoms with van der Waals surface area (Å²) in [5, 5.41) is 3.37. The first-order chi connectivity index (χ1) is 10.3. The van der Waals surface area contributed by atoms with Gasteiger partial charge in [-0.15, -0.1) is 0 Å². The van der Waals surface area contributed by atoms with Crippen molar-refractivity contribution in [3.8, 4) is 11.4 Å². The fraction of sp³-hybridized carbons (Fsp3) is 0.375. The van der Waals surface area contributed by atoms with Gasteiger partial charge in [-0.1, -0.05) is 6.07 Å². The number of nitrogens with zero attached hydrogens (tertiary/aromatic N) is 1. The second-order valence-electron chi connectivity index (χ2n) is 5.29. The van der Waals surface area contributed by atoms with Gasteiger partial charge in [0.1, 0.15) is 0 Å². The fourth-order valence-electron chi connectivity index (χ4n) is 2.74. The smallest absolute Gasteiger partial charge is 0.339 e. The van der Waals surface area contributed by atoms with E-state index >= 15 is 0 Å². The molecule has 0 saturated carbocycles. The molecule has 1 saturated heterocycles. The molecule has 0 aliphatic carbocycles. The van der Waals surface area contributed by atoms with E-state index in [9.17, 15) is 4.79 Å². The molecule has 1 aliphatic rings. The van der Waals surface area contributed by atoms with Crippen molar-refractivity contribution in [1.82, 2.24) is 15.3 Å². The maximum absolute atomic E-state index is 11.5. The first-order valence-corrected chi connectivity index (χ1v) is 7.21. The molecule has 0 amide bonds. The number of aromatic amines is 1. The van der Waals surface area contributed by atoms with Crippen LogP contribution in [0.15, 0.2) is 30.6 Å². The third kappa shape index (κ3) is 2.97. The Kier molecular flexibility index (Phi) is 4.01. The highest BCUT2D eigenvalue weighted by molar-refractivity contribution is 5.90. The van der Waals surface area contributed by atoms with Gasteiger partial charge in [0.25, 0.3) is 0 Å². The number of H-pyrrole nitrogens is 1. The van der Waals surface area contributed by atoms with E-state index in [4.69, 9.17) is 4.74 Å². The van der Waals surface area contributed by atoms with Crippen LogP contribution in [0.5, 0.6) is 0 Å². The third-order valence-corrected chi connectivity index (χ3v) is 3.98. The Hall–Kier alpha value is -2.14. The molecule has 0 aromatic carbocycles. The summed E-state index contributed by atoms with van der Waals surface area (Å²) < 4.78 is 4.70. The van der Waals surface area contributed by atoms with Gasteiger partial charge < -0.3 is 15.0 Å². The molecule has 3 rings (SSSR count). The maximum atomic E-state index is 11.5. The zero-order valence-corrected chi connectivity index (χ0v) is 12.1. The van der Waals surface area contributed by atoms with Crippen molar-refractivity contribution in [2.45, 2.75) is 18.8 Å². The number of hydrogen-bond acceptors (Lipinski definition) is 4. The predicted octanol–water partition coefficient (Wildman–Crippen LogP) is 2.33. The van der Waals surface area contributed by atoms with E-state index < -0.39 is 0 Å². The maximum Gasteiger partial charge on any atom is 0.339 e. The van der Waals surface area contributed by atoms with E-state index in [0.29, 0.717) is 11.5 Å².